The number of rotatable bonds is 7. The van der Waals surface area contributed by atoms with Gasteiger partial charge in [0.2, 0.25) is 11.8 Å². The van der Waals surface area contributed by atoms with Crippen LogP contribution in [0.1, 0.15) is 10.4 Å². The molecule has 0 radical (unpaired) electrons. The number of hydrogen-bond donors (Lipinski definition) is 1. The normalized spacial score (nSPS) is 10.3. The molecule has 0 fully saturated rings. The van der Waals surface area contributed by atoms with Gasteiger partial charge in [-0.2, -0.15) is 0 Å². The van der Waals surface area contributed by atoms with Crippen LogP contribution in [0.4, 0.5) is 5.69 Å². The van der Waals surface area contributed by atoms with E-state index in [1.165, 1.54) is 9.78 Å². The van der Waals surface area contributed by atoms with Crippen molar-refractivity contribution >= 4 is 40.6 Å². The average Bonchev–Trinajstić information content (AvgIpc) is 3.02. The highest BCUT2D eigenvalue weighted by molar-refractivity contribution is 7.99. The van der Waals surface area contributed by atoms with Crippen LogP contribution in [0, 0.1) is 6.92 Å². The first kappa shape index (κ1) is 17.6. The van der Waals surface area contributed by atoms with Gasteiger partial charge in [0, 0.05) is 23.4 Å². The maximum atomic E-state index is 12.0. The third-order valence-electron chi connectivity index (χ3n) is 3.19. The van der Waals surface area contributed by atoms with Crippen LogP contribution in [-0.4, -0.2) is 36.1 Å². The van der Waals surface area contributed by atoms with Gasteiger partial charge in [-0.1, -0.05) is 23.8 Å². The largest absolute Gasteiger partial charge is 0.336 e. The van der Waals surface area contributed by atoms with Crippen molar-refractivity contribution in [2.24, 2.45) is 0 Å². The number of carbonyl (C=O) groups is 2. The maximum absolute atomic E-state index is 12.0. The maximum Gasteiger partial charge on any atom is 0.243 e. The van der Waals surface area contributed by atoms with Gasteiger partial charge in [-0.05, 0) is 30.5 Å². The lowest BCUT2D eigenvalue weighted by Crippen LogP contribution is -2.35. The number of aryl methyl sites for hydroxylation is 1. The zero-order chi connectivity index (χ0) is 16.7. The molecule has 0 bridgehead atoms. The van der Waals surface area contributed by atoms with E-state index in [1.807, 2.05) is 42.6 Å². The Labute approximate surface area is 144 Å². The molecule has 4 nitrogen and oxygen atoms in total. The Balaban J connectivity index is 1.71. The molecule has 2 aromatic rings. The zero-order valence-corrected chi connectivity index (χ0v) is 14.9. The number of thioether (sulfide) groups is 1. The van der Waals surface area contributed by atoms with Crippen molar-refractivity contribution in [3.63, 3.8) is 0 Å². The van der Waals surface area contributed by atoms with Crippen LogP contribution in [-0.2, 0) is 15.3 Å². The molecule has 1 heterocycles. The van der Waals surface area contributed by atoms with Crippen LogP contribution in [0.25, 0.3) is 0 Å². The Morgan fingerprint density at radius 3 is 2.61 bits per heavy atom. The Hall–Kier alpha value is -1.79. The molecule has 0 aliphatic heterocycles. The minimum atomic E-state index is -0.187. The summed E-state index contributed by atoms with van der Waals surface area (Å²) in [6, 6.07) is 11.6. The summed E-state index contributed by atoms with van der Waals surface area (Å²) >= 11 is 3.25. The highest BCUT2D eigenvalue weighted by Crippen LogP contribution is 2.17. The average molecular weight is 348 g/mol. The number of thiophene rings is 1. The molecule has 0 aliphatic carbocycles. The van der Waals surface area contributed by atoms with Gasteiger partial charge in [0.15, 0.2) is 0 Å². The molecule has 0 spiro atoms. The molecule has 122 valence electrons. The van der Waals surface area contributed by atoms with Crippen molar-refractivity contribution in [3.8, 4) is 0 Å². The minimum Gasteiger partial charge on any atom is -0.336 e. The van der Waals surface area contributed by atoms with Gasteiger partial charge < -0.3 is 10.2 Å². The summed E-state index contributed by atoms with van der Waals surface area (Å²) in [5.41, 5.74) is 1.88. The summed E-state index contributed by atoms with van der Waals surface area (Å²) in [5.74, 6) is 0.984. The number of nitrogens with zero attached hydrogens (tertiary/aromatic N) is 1. The van der Waals surface area contributed by atoms with E-state index in [1.54, 1.807) is 30.1 Å². The number of carbonyl (C=O) groups excluding carboxylic acids is 2. The first-order chi connectivity index (χ1) is 11.0. The molecular formula is C17H20N2O2S2. The molecule has 23 heavy (non-hydrogen) atoms. The van der Waals surface area contributed by atoms with Gasteiger partial charge in [-0.25, -0.2) is 0 Å². The summed E-state index contributed by atoms with van der Waals surface area (Å²) < 4.78 is 0. The van der Waals surface area contributed by atoms with Gasteiger partial charge in [0.05, 0.1) is 12.3 Å². The molecule has 0 atom stereocenters. The number of anilines is 1. The molecular weight excluding hydrogens is 328 g/mol. The predicted octanol–water partition coefficient (Wildman–Crippen LogP) is 3.39. The first-order valence-electron chi connectivity index (χ1n) is 7.25. The fraction of sp³-hybridized carbons (Fsp3) is 0.294. The molecule has 2 amide bonds. The molecule has 1 aromatic carbocycles. The van der Waals surface area contributed by atoms with Crippen LogP contribution in [0.3, 0.4) is 0 Å². The van der Waals surface area contributed by atoms with Gasteiger partial charge in [-0.3, -0.25) is 9.59 Å². The van der Waals surface area contributed by atoms with E-state index >= 15 is 0 Å². The zero-order valence-electron chi connectivity index (χ0n) is 13.2. The Morgan fingerprint density at radius 1 is 1.22 bits per heavy atom. The lowest BCUT2D eigenvalue weighted by Gasteiger charge is -2.16. The number of hydrogen-bond acceptors (Lipinski definition) is 4. The van der Waals surface area contributed by atoms with Crippen molar-refractivity contribution in [2.45, 2.75) is 12.7 Å². The summed E-state index contributed by atoms with van der Waals surface area (Å²) in [7, 11) is 1.66. The SMILES string of the molecule is Cc1ccc(NC(=O)CN(C)C(=O)CSCc2cccs2)cc1. The lowest BCUT2D eigenvalue weighted by atomic mass is 10.2. The van der Waals surface area contributed by atoms with Crippen molar-refractivity contribution in [1.82, 2.24) is 4.90 Å². The third-order valence-corrected chi connectivity index (χ3v) is 5.22. The van der Waals surface area contributed by atoms with Crippen LogP contribution in [0.5, 0.6) is 0 Å². The second kappa shape index (κ2) is 8.74. The van der Waals surface area contributed by atoms with E-state index in [-0.39, 0.29) is 18.4 Å². The first-order valence-corrected chi connectivity index (χ1v) is 9.28. The fourth-order valence-corrected chi connectivity index (χ4v) is 3.69. The molecule has 0 saturated heterocycles. The van der Waals surface area contributed by atoms with Crippen molar-refractivity contribution in [2.75, 3.05) is 24.7 Å². The molecule has 1 N–H and O–H groups in total. The van der Waals surface area contributed by atoms with Gasteiger partial charge in [0.1, 0.15) is 0 Å². The van der Waals surface area contributed by atoms with Crippen LogP contribution in [0.2, 0.25) is 0 Å². The second-order valence-corrected chi connectivity index (χ2v) is 7.25. The lowest BCUT2D eigenvalue weighted by molar-refractivity contribution is -0.131. The van der Waals surface area contributed by atoms with Crippen molar-refractivity contribution in [3.05, 3.63) is 52.2 Å². The van der Waals surface area contributed by atoms with E-state index in [0.29, 0.717) is 5.75 Å². The van der Waals surface area contributed by atoms with E-state index < -0.39 is 0 Å². The number of amides is 2. The van der Waals surface area contributed by atoms with Gasteiger partial charge in [-0.15, -0.1) is 23.1 Å². The molecule has 2 rings (SSSR count). The Kier molecular flexibility index (Phi) is 6.67. The highest BCUT2D eigenvalue weighted by atomic mass is 32.2. The standard InChI is InChI=1S/C17H20N2O2S2/c1-13-5-7-14(8-6-13)18-16(20)10-19(2)17(21)12-22-11-15-4-3-9-23-15/h3-9H,10-12H2,1-2H3,(H,18,20). The molecule has 0 aliphatic rings. The third kappa shape index (κ3) is 6.08. The van der Waals surface area contributed by atoms with Crippen LogP contribution in [0.15, 0.2) is 41.8 Å². The topological polar surface area (TPSA) is 49.4 Å². The minimum absolute atomic E-state index is 0.0365. The quantitative estimate of drug-likeness (QED) is 0.834. The summed E-state index contributed by atoms with van der Waals surface area (Å²) in [6.07, 6.45) is 0. The molecule has 1 aromatic heterocycles. The molecule has 0 unspecified atom stereocenters. The van der Waals surface area contributed by atoms with Gasteiger partial charge in [0.25, 0.3) is 0 Å². The van der Waals surface area contributed by atoms with Crippen molar-refractivity contribution < 1.29 is 9.59 Å². The number of likely N-dealkylation sites (N-methyl/N-ethyl adjacent to an activating group) is 1. The number of benzene rings is 1. The van der Waals surface area contributed by atoms with Crippen molar-refractivity contribution in [1.29, 1.82) is 0 Å². The highest BCUT2D eigenvalue weighted by Gasteiger charge is 2.13. The van der Waals surface area contributed by atoms with Crippen LogP contribution >= 0.6 is 23.1 Å². The smallest absolute Gasteiger partial charge is 0.243 e. The van der Waals surface area contributed by atoms with Gasteiger partial charge >= 0.3 is 0 Å². The Morgan fingerprint density at radius 2 is 1.96 bits per heavy atom. The van der Waals surface area contributed by atoms with Crippen LogP contribution < -0.4 is 5.32 Å². The summed E-state index contributed by atoms with van der Waals surface area (Å²) in [5, 5.41) is 4.82. The summed E-state index contributed by atoms with van der Waals surface area (Å²) in [6.45, 7) is 2.05. The van der Waals surface area contributed by atoms with E-state index in [0.717, 1.165) is 17.0 Å². The molecule has 0 saturated carbocycles. The number of nitrogens with one attached hydrogen (secondary N) is 1. The Bertz CT molecular complexity index is 639. The second-order valence-electron chi connectivity index (χ2n) is 5.24. The van der Waals surface area contributed by atoms with E-state index in [2.05, 4.69) is 11.4 Å². The van der Waals surface area contributed by atoms with E-state index in [4.69, 9.17) is 0 Å². The summed E-state index contributed by atoms with van der Waals surface area (Å²) in [4.78, 5) is 26.7. The van der Waals surface area contributed by atoms with E-state index in [9.17, 15) is 9.59 Å². The monoisotopic (exact) mass is 348 g/mol. The fourth-order valence-electron chi connectivity index (χ4n) is 1.88. The molecule has 6 heteroatoms. The predicted molar refractivity (Wildman–Crippen MR) is 97.9 cm³/mol.